The second kappa shape index (κ2) is 9.33. The molecule has 0 fully saturated rings. The first-order chi connectivity index (χ1) is 10.5. The van der Waals surface area contributed by atoms with Gasteiger partial charge in [-0.15, -0.1) is 0 Å². The zero-order valence-electron chi connectivity index (χ0n) is 12.5. The number of esters is 1. The van der Waals surface area contributed by atoms with Gasteiger partial charge in [-0.1, -0.05) is 24.6 Å². The summed E-state index contributed by atoms with van der Waals surface area (Å²) in [5.74, 6) is -1.67. The van der Waals surface area contributed by atoms with E-state index in [0.29, 0.717) is 12.0 Å². The lowest BCUT2D eigenvalue weighted by molar-refractivity contribution is -0.140. The number of halogens is 2. The molecule has 0 aliphatic heterocycles. The smallest absolute Gasteiger partial charge is 0.341 e. The van der Waals surface area contributed by atoms with Gasteiger partial charge >= 0.3 is 5.97 Å². The Balaban J connectivity index is 3.06. The molecule has 1 aromatic rings. The number of benzene rings is 1. The van der Waals surface area contributed by atoms with Gasteiger partial charge in [0.05, 0.1) is 18.2 Å². The summed E-state index contributed by atoms with van der Waals surface area (Å²) < 4.78 is 23.0. The summed E-state index contributed by atoms with van der Waals surface area (Å²) in [4.78, 5) is 24.1. The highest BCUT2D eigenvalue weighted by Gasteiger charge is 2.19. The van der Waals surface area contributed by atoms with Gasteiger partial charge < -0.3 is 9.47 Å². The predicted molar refractivity (Wildman–Crippen MR) is 82.1 cm³/mol. The zero-order chi connectivity index (χ0) is 16.5. The molecule has 0 N–H and O–H groups in total. The summed E-state index contributed by atoms with van der Waals surface area (Å²) in [6, 6.07) is 3.94. The molecule has 120 valence electrons. The van der Waals surface area contributed by atoms with Gasteiger partial charge in [0.2, 0.25) is 0 Å². The van der Waals surface area contributed by atoms with Gasteiger partial charge in [0, 0.05) is 13.5 Å². The topological polar surface area (TPSA) is 52.6 Å². The molecule has 0 saturated carbocycles. The summed E-state index contributed by atoms with van der Waals surface area (Å²) in [5, 5.41) is -0.0839. The quantitative estimate of drug-likeness (QED) is 0.317. The Morgan fingerprint density at radius 2 is 2.05 bits per heavy atom. The van der Waals surface area contributed by atoms with E-state index < -0.39 is 17.6 Å². The Kier molecular flexibility index (Phi) is 7.77. The number of Topliss-reactive ketones (excluding diaryl/α,β-unsaturated/α-hetero) is 1. The number of ether oxygens (including phenoxy) is 2. The lowest BCUT2D eigenvalue weighted by atomic mass is 10.1. The first kappa shape index (κ1) is 18.3. The first-order valence-corrected chi connectivity index (χ1v) is 7.23. The predicted octanol–water partition coefficient (Wildman–Crippen LogP) is 3.42. The average Bonchev–Trinajstić information content (AvgIpc) is 2.51. The van der Waals surface area contributed by atoms with Crippen LogP contribution in [0, 0.1) is 5.82 Å². The molecule has 0 heterocycles. The third-order valence-electron chi connectivity index (χ3n) is 2.75. The molecule has 0 spiro atoms. The molecular formula is C16H18ClFO4. The molecule has 1 rings (SSSR count). The van der Waals surface area contributed by atoms with Crippen LogP contribution in [-0.4, -0.2) is 32.1 Å². The van der Waals surface area contributed by atoms with Crippen LogP contribution in [0.4, 0.5) is 4.39 Å². The Hall–Kier alpha value is -1.72. The minimum atomic E-state index is -0.705. The minimum Gasteiger partial charge on any atom is -0.462 e. The van der Waals surface area contributed by atoms with Crippen LogP contribution in [-0.2, 0) is 19.1 Å². The van der Waals surface area contributed by atoms with Gasteiger partial charge in [0.15, 0.2) is 5.78 Å². The van der Waals surface area contributed by atoms with Gasteiger partial charge in [-0.25, -0.2) is 9.18 Å². The molecule has 0 amide bonds. The van der Waals surface area contributed by atoms with Crippen LogP contribution in [0.15, 0.2) is 23.8 Å². The third-order valence-corrected chi connectivity index (χ3v) is 3.04. The highest BCUT2D eigenvalue weighted by molar-refractivity contribution is 6.31. The Bertz CT molecular complexity index is 547. The average molecular weight is 329 g/mol. The van der Waals surface area contributed by atoms with Crippen molar-refractivity contribution >= 4 is 29.4 Å². The van der Waals surface area contributed by atoms with Gasteiger partial charge in [0.25, 0.3) is 0 Å². The normalized spacial score (nSPS) is 11.4. The fourth-order valence-corrected chi connectivity index (χ4v) is 1.81. The van der Waals surface area contributed by atoms with Crippen molar-refractivity contribution in [2.45, 2.75) is 19.8 Å². The van der Waals surface area contributed by atoms with E-state index in [0.717, 1.165) is 0 Å². The standard InChI is InChI=1S/C16H18ClFO4/c1-3-7-22-16(20)12(15(19)6-8-21-2)9-11-4-5-14(18)13(17)10-11/h4-5,9-10H,3,6-8H2,1-2H3/b12-9-. The largest absolute Gasteiger partial charge is 0.462 e. The number of methoxy groups -OCH3 is 1. The molecular weight excluding hydrogens is 311 g/mol. The molecule has 4 nitrogen and oxygen atoms in total. The van der Waals surface area contributed by atoms with Gasteiger partial charge in [-0.05, 0) is 30.2 Å². The van der Waals surface area contributed by atoms with Gasteiger partial charge in [-0.2, -0.15) is 0 Å². The molecule has 0 unspecified atom stereocenters. The maximum atomic E-state index is 13.2. The van der Waals surface area contributed by atoms with Crippen LogP contribution in [0.25, 0.3) is 6.08 Å². The molecule has 0 saturated heterocycles. The van der Waals surface area contributed by atoms with Crippen LogP contribution in [0.5, 0.6) is 0 Å². The minimum absolute atomic E-state index is 0.0541. The fourth-order valence-electron chi connectivity index (χ4n) is 1.62. The van der Waals surface area contributed by atoms with Crippen molar-refractivity contribution < 1.29 is 23.5 Å². The molecule has 0 aromatic heterocycles. The summed E-state index contributed by atoms with van der Waals surface area (Å²) >= 11 is 5.70. The van der Waals surface area contributed by atoms with Crippen LogP contribution >= 0.6 is 11.6 Å². The van der Waals surface area contributed by atoms with E-state index >= 15 is 0 Å². The van der Waals surface area contributed by atoms with E-state index in [2.05, 4.69) is 0 Å². The SMILES string of the molecule is CCCOC(=O)/C(=C\c1ccc(F)c(Cl)c1)C(=O)CCOC. The number of carbonyl (C=O) groups excluding carboxylic acids is 2. The lowest BCUT2D eigenvalue weighted by Crippen LogP contribution is -2.17. The highest BCUT2D eigenvalue weighted by atomic mass is 35.5. The van der Waals surface area contributed by atoms with Crippen molar-refractivity contribution in [3.05, 3.63) is 40.2 Å². The fraction of sp³-hybridized carbons (Fsp3) is 0.375. The molecule has 6 heteroatoms. The Morgan fingerprint density at radius 3 is 2.64 bits per heavy atom. The summed E-state index contributed by atoms with van der Waals surface area (Å²) in [5.41, 5.74) is 0.341. The number of ketones is 1. The third kappa shape index (κ3) is 5.58. The monoisotopic (exact) mass is 328 g/mol. The van der Waals surface area contributed by atoms with Crippen molar-refractivity contribution in [2.24, 2.45) is 0 Å². The number of rotatable bonds is 8. The number of carbonyl (C=O) groups is 2. The lowest BCUT2D eigenvalue weighted by Gasteiger charge is -2.07. The van der Waals surface area contributed by atoms with Crippen molar-refractivity contribution in [3.63, 3.8) is 0 Å². The van der Waals surface area contributed by atoms with Crippen molar-refractivity contribution in [1.29, 1.82) is 0 Å². The highest BCUT2D eigenvalue weighted by Crippen LogP contribution is 2.19. The van der Waals surface area contributed by atoms with Crippen molar-refractivity contribution in [1.82, 2.24) is 0 Å². The van der Waals surface area contributed by atoms with Gasteiger partial charge in [-0.3, -0.25) is 4.79 Å². The maximum absolute atomic E-state index is 13.2. The van der Waals surface area contributed by atoms with Crippen molar-refractivity contribution in [3.8, 4) is 0 Å². The molecule has 0 bridgehead atoms. The van der Waals surface area contributed by atoms with Crippen molar-refractivity contribution in [2.75, 3.05) is 20.3 Å². The molecule has 0 atom stereocenters. The van der Waals surface area contributed by atoms with Crippen LogP contribution < -0.4 is 0 Å². The summed E-state index contributed by atoms with van der Waals surface area (Å²) in [6.07, 6.45) is 2.05. The van der Waals surface area contributed by atoms with E-state index in [9.17, 15) is 14.0 Å². The molecule has 0 radical (unpaired) electrons. The van der Waals surface area contributed by atoms with Gasteiger partial charge in [0.1, 0.15) is 11.4 Å². The second-order valence-corrected chi connectivity index (χ2v) is 4.94. The number of hydrogen-bond acceptors (Lipinski definition) is 4. The first-order valence-electron chi connectivity index (χ1n) is 6.85. The number of hydrogen-bond donors (Lipinski definition) is 0. The van der Waals surface area contributed by atoms with E-state index in [-0.39, 0.29) is 30.2 Å². The molecule has 0 aliphatic rings. The molecule has 1 aromatic carbocycles. The van der Waals surface area contributed by atoms with E-state index in [1.165, 1.54) is 31.4 Å². The van der Waals surface area contributed by atoms with Crippen LogP contribution in [0.1, 0.15) is 25.3 Å². The van der Waals surface area contributed by atoms with E-state index in [4.69, 9.17) is 21.1 Å². The van der Waals surface area contributed by atoms with Crippen LogP contribution in [0.2, 0.25) is 5.02 Å². The van der Waals surface area contributed by atoms with Crippen LogP contribution in [0.3, 0.4) is 0 Å². The summed E-state index contributed by atoms with van der Waals surface area (Å²) in [6.45, 7) is 2.27. The Labute approximate surface area is 133 Å². The molecule has 22 heavy (non-hydrogen) atoms. The zero-order valence-corrected chi connectivity index (χ0v) is 13.3. The second-order valence-electron chi connectivity index (χ2n) is 4.53. The summed E-state index contributed by atoms with van der Waals surface area (Å²) in [7, 11) is 1.46. The van der Waals surface area contributed by atoms with E-state index in [1.54, 1.807) is 0 Å². The molecule has 0 aliphatic carbocycles. The maximum Gasteiger partial charge on any atom is 0.341 e. The Morgan fingerprint density at radius 1 is 1.32 bits per heavy atom. The van der Waals surface area contributed by atoms with E-state index in [1.807, 2.05) is 6.92 Å².